The maximum absolute atomic E-state index is 6.68. The molecule has 32 heavy (non-hydrogen) atoms. The Morgan fingerprint density at radius 1 is 1.00 bits per heavy atom. The van der Waals surface area contributed by atoms with Gasteiger partial charge in [0, 0.05) is 17.7 Å². The van der Waals surface area contributed by atoms with Crippen LogP contribution >= 0.6 is 11.6 Å². The number of hydrogen-bond donors (Lipinski definition) is 1. The van der Waals surface area contributed by atoms with E-state index in [4.69, 9.17) is 21.3 Å². The van der Waals surface area contributed by atoms with Crippen LogP contribution in [0.5, 0.6) is 5.75 Å². The third-order valence-corrected chi connectivity index (χ3v) is 8.29. The summed E-state index contributed by atoms with van der Waals surface area (Å²) in [5, 5.41) is 0.658. The van der Waals surface area contributed by atoms with Gasteiger partial charge in [0.1, 0.15) is 29.0 Å². The van der Waals surface area contributed by atoms with Gasteiger partial charge in [0.2, 0.25) is 0 Å². The van der Waals surface area contributed by atoms with Gasteiger partial charge in [0.05, 0.1) is 5.69 Å². The maximum Gasteiger partial charge on any atom is 0.134 e. The molecule has 166 valence electrons. The minimum Gasteiger partial charge on any atom is -0.487 e. The number of nitrogens with one attached hydrogen (secondary N) is 1. The Bertz CT molecular complexity index is 1110. The number of nitrogens with zero attached hydrogens (tertiary/aromatic N) is 2. The molecule has 0 amide bonds. The van der Waals surface area contributed by atoms with Gasteiger partial charge in [-0.3, -0.25) is 4.98 Å². The Balaban J connectivity index is 1.21. The summed E-state index contributed by atoms with van der Waals surface area (Å²) < 4.78 is 6.02. The Morgan fingerprint density at radius 3 is 2.41 bits per heavy atom. The van der Waals surface area contributed by atoms with Gasteiger partial charge in [-0.1, -0.05) is 17.7 Å². The lowest BCUT2D eigenvalue weighted by molar-refractivity contribution is -0.00536. The van der Waals surface area contributed by atoms with Crippen LogP contribution in [0.2, 0.25) is 5.15 Å². The minimum absolute atomic E-state index is 0.459. The molecule has 1 N–H and O–H groups in total. The number of pyridine rings is 1. The molecule has 4 nitrogen and oxygen atoms in total. The highest BCUT2D eigenvalue weighted by atomic mass is 35.5. The molecular formula is C27H30ClN3O. The van der Waals surface area contributed by atoms with Crippen LogP contribution in [0.4, 0.5) is 0 Å². The molecule has 0 aliphatic heterocycles. The van der Waals surface area contributed by atoms with Gasteiger partial charge < -0.3 is 9.72 Å². The molecular weight excluding hydrogens is 418 g/mol. The van der Waals surface area contributed by atoms with Crippen molar-refractivity contribution in [1.29, 1.82) is 0 Å². The predicted octanol–water partition coefficient (Wildman–Crippen LogP) is 6.86. The molecule has 0 atom stereocenters. The Labute approximate surface area is 194 Å². The molecule has 5 heteroatoms. The number of benzene rings is 1. The number of halogens is 1. The molecule has 4 bridgehead atoms. The fraction of sp³-hybridized carbons (Fsp3) is 0.481. The number of imidazole rings is 1. The van der Waals surface area contributed by atoms with Gasteiger partial charge in [-0.05, 0) is 105 Å². The number of H-pyrrole nitrogens is 1. The highest BCUT2D eigenvalue weighted by molar-refractivity contribution is 6.31. The van der Waals surface area contributed by atoms with Crippen LogP contribution in [0.1, 0.15) is 60.7 Å². The van der Waals surface area contributed by atoms with E-state index in [2.05, 4.69) is 35.1 Å². The average molecular weight is 448 g/mol. The molecule has 2 aromatic heterocycles. The van der Waals surface area contributed by atoms with Crippen LogP contribution in [-0.4, -0.2) is 15.0 Å². The second-order valence-electron chi connectivity index (χ2n) is 10.3. The Kier molecular flexibility index (Phi) is 5.02. The van der Waals surface area contributed by atoms with Gasteiger partial charge >= 0.3 is 0 Å². The first kappa shape index (κ1) is 20.3. The molecule has 4 fully saturated rings. The number of aromatic nitrogens is 3. The van der Waals surface area contributed by atoms with Crippen molar-refractivity contribution in [3.05, 3.63) is 64.3 Å². The first-order valence-electron chi connectivity index (χ1n) is 11.9. The number of rotatable bonds is 5. The third kappa shape index (κ3) is 3.63. The van der Waals surface area contributed by atoms with Crippen LogP contribution in [0.3, 0.4) is 0 Å². The largest absolute Gasteiger partial charge is 0.487 e. The second kappa shape index (κ2) is 7.91. The summed E-state index contributed by atoms with van der Waals surface area (Å²) in [5.41, 5.74) is 5.06. The molecule has 4 aliphatic carbocycles. The van der Waals surface area contributed by atoms with E-state index in [0.717, 1.165) is 63.3 Å². The first-order chi connectivity index (χ1) is 15.5. The lowest BCUT2D eigenvalue weighted by Gasteiger charge is -2.53. The first-order valence-corrected chi connectivity index (χ1v) is 12.3. The van der Waals surface area contributed by atoms with Crippen molar-refractivity contribution in [2.75, 3.05) is 0 Å². The monoisotopic (exact) mass is 447 g/mol. The van der Waals surface area contributed by atoms with Gasteiger partial charge in [-0.25, -0.2) is 4.98 Å². The zero-order valence-electron chi connectivity index (χ0n) is 18.8. The fourth-order valence-electron chi connectivity index (χ4n) is 6.78. The summed E-state index contributed by atoms with van der Waals surface area (Å²) in [6, 6.07) is 10.3. The Morgan fingerprint density at radius 2 is 1.75 bits per heavy atom. The summed E-state index contributed by atoms with van der Waals surface area (Å²) in [4.78, 5) is 13.0. The number of aryl methyl sites for hydroxylation is 2. The van der Waals surface area contributed by atoms with E-state index in [0.29, 0.717) is 17.7 Å². The van der Waals surface area contributed by atoms with Crippen molar-refractivity contribution in [3.8, 4) is 17.0 Å². The minimum atomic E-state index is 0.459. The summed E-state index contributed by atoms with van der Waals surface area (Å²) in [5.74, 6) is 6.03. The smallest absolute Gasteiger partial charge is 0.134 e. The molecule has 0 spiro atoms. The molecule has 0 unspecified atom stereocenters. The van der Waals surface area contributed by atoms with Crippen molar-refractivity contribution in [3.63, 3.8) is 0 Å². The summed E-state index contributed by atoms with van der Waals surface area (Å²) in [7, 11) is 0. The van der Waals surface area contributed by atoms with E-state index in [1.807, 2.05) is 25.3 Å². The normalized spacial score (nSPS) is 28.3. The second-order valence-corrected chi connectivity index (χ2v) is 10.7. The molecule has 4 saturated carbocycles. The summed E-state index contributed by atoms with van der Waals surface area (Å²) in [6.07, 6.45) is 8.87. The fourth-order valence-corrected chi connectivity index (χ4v) is 7.03. The van der Waals surface area contributed by atoms with Crippen LogP contribution in [0, 0.1) is 37.5 Å². The van der Waals surface area contributed by atoms with Crippen molar-refractivity contribution < 1.29 is 4.74 Å². The molecule has 7 rings (SSSR count). The van der Waals surface area contributed by atoms with Crippen molar-refractivity contribution in [2.24, 2.45) is 23.7 Å². The number of hydrogen-bond acceptors (Lipinski definition) is 3. The van der Waals surface area contributed by atoms with Gasteiger partial charge in [0.25, 0.3) is 0 Å². The van der Waals surface area contributed by atoms with Crippen molar-refractivity contribution in [1.82, 2.24) is 15.0 Å². The molecule has 0 radical (unpaired) electrons. The van der Waals surface area contributed by atoms with E-state index in [1.165, 1.54) is 32.1 Å². The maximum atomic E-state index is 6.68. The van der Waals surface area contributed by atoms with E-state index >= 15 is 0 Å². The van der Waals surface area contributed by atoms with Crippen LogP contribution < -0.4 is 4.74 Å². The highest BCUT2D eigenvalue weighted by Gasteiger charge is 2.49. The average Bonchev–Trinajstić information content (AvgIpc) is 3.14. The lowest BCUT2D eigenvalue weighted by Crippen LogP contribution is -2.44. The van der Waals surface area contributed by atoms with Gasteiger partial charge in [-0.15, -0.1) is 0 Å². The quantitative estimate of drug-likeness (QED) is 0.464. The highest BCUT2D eigenvalue weighted by Crippen LogP contribution is 2.59. The van der Waals surface area contributed by atoms with E-state index in [9.17, 15) is 0 Å². The zero-order chi connectivity index (χ0) is 21.8. The van der Waals surface area contributed by atoms with Crippen LogP contribution in [-0.2, 0) is 6.61 Å². The molecule has 1 aromatic carbocycles. The van der Waals surface area contributed by atoms with Crippen LogP contribution in [0.25, 0.3) is 11.3 Å². The van der Waals surface area contributed by atoms with E-state index < -0.39 is 0 Å². The summed E-state index contributed by atoms with van der Waals surface area (Å²) in [6.45, 7) is 4.57. The molecule has 3 aromatic rings. The molecule has 2 heterocycles. The topological polar surface area (TPSA) is 50.8 Å². The third-order valence-electron chi connectivity index (χ3n) is 8.02. The van der Waals surface area contributed by atoms with Crippen LogP contribution in [0.15, 0.2) is 36.5 Å². The number of ether oxygens (including phenoxy) is 1. The summed E-state index contributed by atoms with van der Waals surface area (Å²) >= 11 is 6.68. The molecule has 0 saturated heterocycles. The lowest BCUT2D eigenvalue weighted by atomic mass is 9.52. The zero-order valence-corrected chi connectivity index (χ0v) is 19.5. The number of aromatic amines is 1. The Hall–Kier alpha value is -2.33. The van der Waals surface area contributed by atoms with Gasteiger partial charge in [-0.2, -0.15) is 0 Å². The van der Waals surface area contributed by atoms with Crippen molar-refractivity contribution >= 4 is 11.6 Å². The molecule has 4 aliphatic rings. The predicted molar refractivity (Wildman–Crippen MR) is 127 cm³/mol. The van der Waals surface area contributed by atoms with Gasteiger partial charge in [0.15, 0.2) is 0 Å². The SMILES string of the molecule is Cc1ccc(COc2ccc(-c3nc(C4C5CC6CC(C5)CC4C6)[nH]c3Cl)cc2C)nc1. The van der Waals surface area contributed by atoms with E-state index in [-0.39, 0.29) is 0 Å². The van der Waals surface area contributed by atoms with Crippen molar-refractivity contribution in [2.45, 2.75) is 58.5 Å². The van der Waals surface area contributed by atoms with E-state index in [1.54, 1.807) is 0 Å². The standard InChI is InChI=1S/C27H30ClN3O/c1-15-3-5-22(29-13-15)14-32-23-6-4-19(7-16(23)2)25-26(28)31-27(30-25)24-20-9-17-8-18(11-20)12-21(24)10-17/h3-7,13,17-18,20-21,24H,8-12,14H2,1-2H3,(H,30,31).